The quantitative estimate of drug-likeness (QED) is 0.150. The van der Waals surface area contributed by atoms with E-state index in [9.17, 15) is 14.4 Å². The van der Waals surface area contributed by atoms with E-state index in [-0.39, 0.29) is 29.1 Å². The number of ether oxygens (including phenoxy) is 4. The third-order valence-corrected chi connectivity index (χ3v) is 5.60. The molecule has 9 heteroatoms. The van der Waals surface area contributed by atoms with Crippen LogP contribution in [0.15, 0.2) is 46.5 Å². The number of hydrogen-bond acceptors (Lipinski definition) is 8. The fraction of sp³-hybridized carbons (Fsp3) is 0.481. The van der Waals surface area contributed by atoms with Crippen LogP contribution in [0.25, 0.3) is 0 Å². The second-order valence-corrected chi connectivity index (χ2v) is 8.62. The Labute approximate surface area is 213 Å². The Bertz CT molecular complexity index is 1030. The number of carbonyl (C=O) groups excluding carboxylic acids is 3. The summed E-state index contributed by atoms with van der Waals surface area (Å²) < 4.78 is 21.4. The van der Waals surface area contributed by atoms with Crippen LogP contribution >= 0.6 is 0 Å². The lowest BCUT2D eigenvalue weighted by Crippen LogP contribution is -2.42. The van der Waals surface area contributed by atoms with E-state index in [2.05, 4.69) is 30.9 Å². The topological polar surface area (TPSA) is 113 Å². The van der Waals surface area contributed by atoms with Gasteiger partial charge in [0.15, 0.2) is 11.5 Å². The molecular weight excluding hydrogens is 464 g/mol. The molecule has 1 aromatic rings. The van der Waals surface area contributed by atoms with Gasteiger partial charge in [-0.05, 0) is 69.7 Å². The number of methoxy groups -OCH3 is 2. The van der Waals surface area contributed by atoms with E-state index in [0.29, 0.717) is 0 Å². The van der Waals surface area contributed by atoms with Crippen LogP contribution in [-0.4, -0.2) is 50.9 Å². The first-order chi connectivity index (χ1) is 16.9. The van der Waals surface area contributed by atoms with Crippen molar-refractivity contribution in [1.29, 1.82) is 0 Å². The Kier molecular flexibility index (Phi) is 11.9. The minimum absolute atomic E-state index is 0.0809. The van der Waals surface area contributed by atoms with E-state index in [1.807, 2.05) is 32.0 Å². The summed E-state index contributed by atoms with van der Waals surface area (Å²) in [6, 6.07) is 4.78. The standard InChI is InChI=1S/C27H38N2O7/c1-11-22(34-10)25(36-19(7)30)24(28-8)26(31)29-17(5)27(32)35-18(6)23(15(2)3)21-13-12-20(33-9)14-16(21)4/h11-15,17-18,23H,8H2,1-7,9-10H3,(H,29,31)/b22-11+,25-24+/t17-,18-,23+/m0/s1. The van der Waals surface area contributed by atoms with Crippen LogP contribution in [0.5, 0.6) is 5.75 Å². The molecule has 0 aromatic heterocycles. The maximum Gasteiger partial charge on any atom is 0.328 e. The van der Waals surface area contributed by atoms with Crippen LogP contribution in [0.4, 0.5) is 0 Å². The third kappa shape index (κ3) is 7.96. The van der Waals surface area contributed by atoms with Crippen molar-refractivity contribution in [3.05, 3.63) is 52.6 Å². The highest BCUT2D eigenvalue weighted by atomic mass is 16.6. The highest BCUT2D eigenvalue weighted by Gasteiger charge is 2.30. The molecule has 0 radical (unpaired) electrons. The van der Waals surface area contributed by atoms with Gasteiger partial charge in [-0.2, -0.15) is 0 Å². The monoisotopic (exact) mass is 502 g/mol. The molecule has 9 nitrogen and oxygen atoms in total. The number of nitrogens with one attached hydrogen (secondary N) is 1. The van der Waals surface area contributed by atoms with E-state index in [1.165, 1.54) is 27.0 Å². The van der Waals surface area contributed by atoms with Gasteiger partial charge in [0.25, 0.3) is 5.91 Å². The SMILES string of the molecule is C=N/C(C(=O)N[C@@H](C)C(=O)O[C@@H](C)[C@H](c1ccc(OC)cc1C)C(C)C)=C(OC(C)=O)\C(=C/C)OC. The number of rotatable bonds is 12. The van der Waals surface area contributed by atoms with Crippen LogP contribution < -0.4 is 10.1 Å². The molecule has 0 aliphatic heterocycles. The van der Waals surface area contributed by atoms with Gasteiger partial charge in [0, 0.05) is 12.8 Å². The normalized spacial score (nSPS) is 14.7. The Balaban J connectivity index is 3.11. The second kappa shape index (κ2) is 14.1. The Morgan fingerprint density at radius 3 is 2.19 bits per heavy atom. The molecule has 0 saturated carbocycles. The Morgan fingerprint density at radius 2 is 1.75 bits per heavy atom. The third-order valence-electron chi connectivity index (χ3n) is 5.60. The minimum Gasteiger partial charge on any atom is -0.497 e. The molecule has 0 unspecified atom stereocenters. The zero-order valence-electron chi connectivity index (χ0n) is 22.6. The summed E-state index contributed by atoms with van der Waals surface area (Å²) in [5, 5.41) is 2.53. The maximum absolute atomic E-state index is 12.9. The van der Waals surface area contributed by atoms with Crippen molar-refractivity contribution in [2.24, 2.45) is 10.9 Å². The molecule has 0 aliphatic carbocycles. The number of esters is 2. The van der Waals surface area contributed by atoms with Gasteiger partial charge in [0.2, 0.25) is 5.76 Å². The minimum atomic E-state index is -1.02. The molecule has 0 bridgehead atoms. The summed E-state index contributed by atoms with van der Waals surface area (Å²) in [5.41, 5.74) is 1.77. The fourth-order valence-corrected chi connectivity index (χ4v) is 3.93. The van der Waals surface area contributed by atoms with E-state index in [1.54, 1.807) is 14.0 Å². The van der Waals surface area contributed by atoms with Crippen LogP contribution in [-0.2, 0) is 28.6 Å². The number of hydrogen-bond donors (Lipinski definition) is 1. The first-order valence-electron chi connectivity index (χ1n) is 11.7. The van der Waals surface area contributed by atoms with Gasteiger partial charge in [-0.15, -0.1) is 0 Å². The van der Waals surface area contributed by atoms with Crippen molar-refractivity contribution < 1.29 is 33.3 Å². The average molecular weight is 503 g/mol. The lowest BCUT2D eigenvalue weighted by molar-refractivity contribution is -0.153. The highest BCUT2D eigenvalue weighted by Crippen LogP contribution is 2.33. The molecular formula is C27H38N2O7. The summed E-state index contributed by atoms with van der Waals surface area (Å²) in [7, 11) is 2.97. The summed E-state index contributed by atoms with van der Waals surface area (Å²) in [6.45, 7) is 15.6. The molecule has 1 amide bonds. The number of benzene rings is 1. The lowest BCUT2D eigenvalue weighted by Gasteiger charge is -2.30. The van der Waals surface area contributed by atoms with Crippen LogP contribution in [0, 0.1) is 12.8 Å². The molecule has 0 spiro atoms. The number of allylic oxidation sites excluding steroid dienone is 1. The first-order valence-corrected chi connectivity index (χ1v) is 11.7. The molecule has 1 N–H and O–H groups in total. The molecule has 0 heterocycles. The predicted molar refractivity (Wildman–Crippen MR) is 138 cm³/mol. The fourth-order valence-electron chi connectivity index (χ4n) is 3.93. The lowest BCUT2D eigenvalue weighted by atomic mass is 9.82. The molecule has 1 aromatic carbocycles. The van der Waals surface area contributed by atoms with E-state index >= 15 is 0 Å². The molecule has 0 fully saturated rings. The number of amides is 1. The van der Waals surface area contributed by atoms with Gasteiger partial charge < -0.3 is 24.3 Å². The van der Waals surface area contributed by atoms with E-state index in [4.69, 9.17) is 18.9 Å². The van der Waals surface area contributed by atoms with Gasteiger partial charge in [0.1, 0.15) is 17.9 Å². The molecule has 198 valence electrons. The van der Waals surface area contributed by atoms with Gasteiger partial charge in [-0.25, -0.2) is 4.79 Å². The van der Waals surface area contributed by atoms with Crippen LogP contribution in [0.3, 0.4) is 0 Å². The zero-order valence-corrected chi connectivity index (χ0v) is 22.6. The van der Waals surface area contributed by atoms with Crippen molar-refractivity contribution in [2.75, 3.05) is 14.2 Å². The van der Waals surface area contributed by atoms with Crippen molar-refractivity contribution in [3.8, 4) is 5.75 Å². The Hall–Kier alpha value is -3.62. The second-order valence-electron chi connectivity index (χ2n) is 8.62. The van der Waals surface area contributed by atoms with Gasteiger partial charge in [-0.3, -0.25) is 14.6 Å². The molecule has 0 aliphatic rings. The number of aliphatic imine (C=N–C) groups is 1. The molecule has 1 rings (SSSR count). The summed E-state index contributed by atoms with van der Waals surface area (Å²) in [4.78, 5) is 41.1. The van der Waals surface area contributed by atoms with E-state index < -0.39 is 30.0 Å². The number of nitrogens with zero attached hydrogens (tertiary/aromatic N) is 1. The van der Waals surface area contributed by atoms with Crippen molar-refractivity contribution in [3.63, 3.8) is 0 Å². The van der Waals surface area contributed by atoms with Crippen molar-refractivity contribution >= 4 is 24.6 Å². The zero-order chi connectivity index (χ0) is 27.6. The molecule has 3 atom stereocenters. The largest absolute Gasteiger partial charge is 0.497 e. The predicted octanol–water partition coefficient (Wildman–Crippen LogP) is 4.21. The van der Waals surface area contributed by atoms with Gasteiger partial charge in [-0.1, -0.05) is 19.9 Å². The van der Waals surface area contributed by atoms with Crippen molar-refractivity contribution in [1.82, 2.24) is 5.32 Å². The summed E-state index contributed by atoms with van der Waals surface area (Å²) in [6.07, 6.45) is 1.03. The van der Waals surface area contributed by atoms with Gasteiger partial charge in [0.05, 0.1) is 14.2 Å². The number of aryl methyl sites for hydroxylation is 1. The smallest absolute Gasteiger partial charge is 0.328 e. The van der Waals surface area contributed by atoms with Crippen LogP contribution in [0.1, 0.15) is 58.6 Å². The first kappa shape index (κ1) is 30.4. The highest BCUT2D eigenvalue weighted by molar-refractivity contribution is 5.97. The Morgan fingerprint density at radius 1 is 1.11 bits per heavy atom. The van der Waals surface area contributed by atoms with Crippen molar-refractivity contribution in [2.45, 2.75) is 66.5 Å². The number of carbonyl (C=O) groups is 3. The molecule has 0 saturated heterocycles. The summed E-state index contributed by atoms with van der Waals surface area (Å²) >= 11 is 0. The van der Waals surface area contributed by atoms with Gasteiger partial charge >= 0.3 is 11.9 Å². The molecule has 36 heavy (non-hydrogen) atoms. The van der Waals surface area contributed by atoms with Crippen LogP contribution in [0.2, 0.25) is 0 Å². The average Bonchev–Trinajstić information content (AvgIpc) is 2.80. The summed E-state index contributed by atoms with van der Waals surface area (Å²) in [5.74, 6) is -1.33. The van der Waals surface area contributed by atoms with E-state index in [0.717, 1.165) is 16.9 Å². The maximum atomic E-state index is 12.9.